The van der Waals surface area contributed by atoms with E-state index in [4.69, 9.17) is 17.3 Å². The molecule has 0 saturated carbocycles. The molecule has 6 heteroatoms. The maximum absolute atomic E-state index is 11.8. The maximum Gasteiger partial charge on any atom is 0.255 e. The van der Waals surface area contributed by atoms with Crippen molar-refractivity contribution in [1.82, 2.24) is 4.98 Å². The van der Waals surface area contributed by atoms with E-state index in [-0.39, 0.29) is 11.0 Å². The number of nitrogens with one attached hydrogen (secondary N) is 1. The van der Waals surface area contributed by atoms with Crippen LogP contribution in [-0.2, 0) is 0 Å². The molecule has 1 rings (SSSR count). The van der Waals surface area contributed by atoms with E-state index in [2.05, 4.69) is 10.3 Å². The van der Waals surface area contributed by atoms with Gasteiger partial charge in [0.1, 0.15) is 5.15 Å². The zero-order chi connectivity index (χ0) is 13.8. The van der Waals surface area contributed by atoms with E-state index in [0.717, 1.165) is 0 Å². The summed E-state index contributed by atoms with van der Waals surface area (Å²) in [6, 6.07) is 2.99. The van der Waals surface area contributed by atoms with Gasteiger partial charge < -0.3 is 11.1 Å². The molecule has 0 atom stereocenters. The number of aromatic nitrogens is 1. The lowest BCUT2D eigenvalue weighted by Crippen LogP contribution is -2.12. The van der Waals surface area contributed by atoms with Gasteiger partial charge in [-0.3, -0.25) is 0 Å². The first kappa shape index (κ1) is 18.3. The highest BCUT2D eigenvalue weighted by Crippen LogP contribution is 2.18. The quantitative estimate of drug-likeness (QED) is 0.813. The van der Waals surface area contributed by atoms with Crippen molar-refractivity contribution in [2.75, 3.05) is 17.6 Å². The van der Waals surface area contributed by atoms with Crippen molar-refractivity contribution in [2.24, 2.45) is 0 Å². The third kappa shape index (κ3) is 8.68. The average Bonchev–Trinajstić information content (AvgIpc) is 2.35. The van der Waals surface area contributed by atoms with E-state index < -0.39 is 13.0 Å². The molecule has 0 aromatic carbocycles. The van der Waals surface area contributed by atoms with Crippen molar-refractivity contribution >= 4 is 23.1 Å². The van der Waals surface area contributed by atoms with Gasteiger partial charge in [0.2, 0.25) is 0 Å². The van der Waals surface area contributed by atoms with Crippen LogP contribution >= 0.6 is 11.6 Å². The summed E-state index contributed by atoms with van der Waals surface area (Å²) < 4.78 is 23.6. The number of hydrogen-bond acceptors (Lipinski definition) is 3. The molecule has 0 saturated heterocycles. The molecule has 3 nitrogen and oxygen atoms in total. The van der Waals surface area contributed by atoms with E-state index in [1.54, 1.807) is 0 Å². The highest BCUT2D eigenvalue weighted by Gasteiger charge is 2.05. The molecule has 0 bridgehead atoms. The summed E-state index contributed by atoms with van der Waals surface area (Å²) in [7, 11) is 0. The highest BCUT2D eigenvalue weighted by atomic mass is 35.5. The lowest BCUT2D eigenvalue weighted by molar-refractivity contribution is 0.163. The Balaban J connectivity index is 0. The number of nitrogens with two attached hydrogens (primary N) is 1. The van der Waals surface area contributed by atoms with Crippen LogP contribution in [0, 0.1) is 0 Å². The normalized spacial score (nSPS) is 8.71. The molecule has 100 valence electrons. The Labute approximate surface area is 106 Å². The van der Waals surface area contributed by atoms with Gasteiger partial charge in [-0.1, -0.05) is 39.3 Å². The number of anilines is 2. The van der Waals surface area contributed by atoms with Crippen LogP contribution in [0.2, 0.25) is 5.15 Å². The molecule has 0 aliphatic heterocycles. The van der Waals surface area contributed by atoms with Crippen molar-refractivity contribution in [3.8, 4) is 0 Å². The van der Waals surface area contributed by atoms with Crippen molar-refractivity contribution in [3.63, 3.8) is 0 Å². The fraction of sp³-hybridized carbons (Fsp3) is 0.545. The van der Waals surface area contributed by atoms with Crippen molar-refractivity contribution in [2.45, 2.75) is 34.1 Å². The molecule has 0 fully saturated rings. The molecule has 1 aromatic heterocycles. The minimum atomic E-state index is -2.44. The largest absolute Gasteiger partial charge is 0.396 e. The molecular weight excluding hydrogens is 248 g/mol. The summed E-state index contributed by atoms with van der Waals surface area (Å²) >= 11 is 5.54. The Morgan fingerprint density at radius 3 is 2.29 bits per heavy atom. The second kappa shape index (κ2) is 11.4. The minimum Gasteiger partial charge on any atom is -0.396 e. The number of rotatable bonds is 3. The van der Waals surface area contributed by atoms with Gasteiger partial charge in [0.25, 0.3) is 6.43 Å². The van der Waals surface area contributed by atoms with Gasteiger partial charge in [0.15, 0.2) is 5.82 Å². The van der Waals surface area contributed by atoms with Gasteiger partial charge in [-0.25, -0.2) is 13.8 Å². The number of halogens is 3. The SMILES string of the molecule is CC.CC.Nc1ccc(Cl)nc1NCC(F)F. The van der Waals surface area contributed by atoms with Crippen LogP contribution in [0.1, 0.15) is 27.7 Å². The van der Waals surface area contributed by atoms with Crippen molar-refractivity contribution < 1.29 is 8.78 Å². The second-order valence-electron chi connectivity index (χ2n) is 2.34. The average molecular weight is 268 g/mol. The fourth-order valence-electron chi connectivity index (χ4n) is 0.762. The zero-order valence-corrected chi connectivity index (χ0v) is 11.4. The summed E-state index contributed by atoms with van der Waals surface area (Å²) in [6.07, 6.45) is -2.44. The predicted octanol–water partition coefficient (Wildman–Crippen LogP) is 4.05. The van der Waals surface area contributed by atoms with Gasteiger partial charge in [-0.15, -0.1) is 0 Å². The lowest BCUT2D eigenvalue weighted by Gasteiger charge is -2.07. The molecule has 17 heavy (non-hydrogen) atoms. The van der Waals surface area contributed by atoms with Crippen LogP contribution < -0.4 is 11.1 Å². The van der Waals surface area contributed by atoms with Crippen LogP contribution in [-0.4, -0.2) is 18.0 Å². The van der Waals surface area contributed by atoms with Gasteiger partial charge in [0.05, 0.1) is 12.2 Å². The first-order chi connectivity index (χ1) is 8.09. The summed E-state index contributed by atoms with van der Waals surface area (Å²) in [5, 5.41) is 2.60. The first-order valence-electron chi connectivity index (χ1n) is 5.53. The molecule has 0 amide bonds. The van der Waals surface area contributed by atoms with Crippen LogP contribution in [0.15, 0.2) is 12.1 Å². The summed E-state index contributed by atoms with van der Waals surface area (Å²) in [5.74, 6) is 0.188. The summed E-state index contributed by atoms with van der Waals surface area (Å²) in [6.45, 7) is 7.51. The Hall–Kier alpha value is -1.10. The molecule has 1 aromatic rings. The Morgan fingerprint density at radius 2 is 1.82 bits per heavy atom. The molecule has 0 unspecified atom stereocenters. The third-order valence-corrected chi connectivity index (χ3v) is 1.53. The maximum atomic E-state index is 11.8. The summed E-state index contributed by atoms with van der Waals surface area (Å²) in [4.78, 5) is 3.74. The van der Waals surface area contributed by atoms with Crippen molar-refractivity contribution in [1.29, 1.82) is 0 Å². The number of nitrogen functional groups attached to an aromatic ring is 1. The van der Waals surface area contributed by atoms with E-state index in [9.17, 15) is 8.78 Å². The smallest absolute Gasteiger partial charge is 0.255 e. The van der Waals surface area contributed by atoms with Gasteiger partial charge in [-0.05, 0) is 12.1 Å². The predicted molar refractivity (Wildman–Crippen MR) is 70.8 cm³/mol. The van der Waals surface area contributed by atoms with Crippen LogP contribution in [0.5, 0.6) is 0 Å². The van der Waals surface area contributed by atoms with Gasteiger partial charge in [0, 0.05) is 0 Å². The second-order valence-corrected chi connectivity index (χ2v) is 2.73. The van der Waals surface area contributed by atoms with E-state index in [0.29, 0.717) is 5.69 Å². The minimum absolute atomic E-state index is 0.188. The zero-order valence-electron chi connectivity index (χ0n) is 10.6. The molecule has 0 radical (unpaired) electrons. The topological polar surface area (TPSA) is 50.9 Å². The fourth-order valence-corrected chi connectivity index (χ4v) is 0.909. The standard InChI is InChI=1S/C7H8ClF2N3.2C2H6/c8-5-2-1-4(11)7(13-5)12-3-6(9)10;2*1-2/h1-2,6H,3,11H2,(H,12,13);2*1-2H3. The Kier molecular flexibility index (Phi) is 12.2. The molecule has 0 spiro atoms. The van der Waals surface area contributed by atoms with Crippen LogP contribution in [0.3, 0.4) is 0 Å². The summed E-state index contributed by atoms with van der Waals surface area (Å²) in [5.41, 5.74) is 5.74. The van der Waals surface area contributed by atoms with Gasteiger partial charge >= 0.3 is 0 Å². The molecule has 0 aliphatic rings. The monoisotopic (exact) mass is 267 g/mol. The van der Waals surface area contributed by atoms with Crippen LogP contribution in [0.25, 0.3) is 0 Å². The molecule has 0 aliphatic carbocycles. The van der Waals surface area contributed by atoms with Gasteiger partial charge in [-0.2, -0.15) is 0 Å². The highest BCUT2D eigenvalue weighted by molar-refractivity contribution is 6.29. The molecular formula is C11H20ClF2N3. The number of nitrogens with zero attached hydrogens (tertiary/aromatic N) is 1. The van der Waals surface area contributed by atoms with E-state index in [1.807, 2.05) is 27.7 Å². The first-order valence-corrected chi connectivity index (χ1v) is 5.91. The molecule has 1 heterocycles. The lowest BCUT2D eigenvalue weighted by atomic mass is 10.4. The van der Waals surface area contributed by atoms with E-state index >= 15 is 0 Å². The number of hydrogen-bond donors (Lipinski definition) is 2. The Morgan fingerprint density at radius 1 is 1.29 bits per heavy atom. The number of alkyl halides is 2. The molecule has 3 N–H and O–H groups in total. The third-order valence-electron chi connectivity index (χ3n) is 1.32. The number of pyridine rings is 1. The van der Waals surface area contributed by atoms with Crippen molar-refractivity contribution in [3.05, 3.63) is 17.3 Å². The van der Waals surface area contributed by atoms with Crippen LogP contribution in [0.4, 0.5) is 20.3 Å². The Bertz CT molecular complexity index is 296. The van der Waals surface area contributed by atoms with E-state index in [1.165, 1.54) is 12.1 Å².